The van der Waals surface area contributed by atoms with Crippen molar-refractivity contribution in [1.82, 2.24) is 4.98 Å². The summed E-state index contributed by atoms with van der Waals surface area (Å²) in [7, 11) is 2.68. The number of hydrogen-bond donors (Lipinski definition) is 1. The minimum Gasteiger partial charge on any atom is -0.384 e. The largest absolute Gasteiger partial charge is 0.384 e. The summed E-state index contributed by atoms with van der Waals surface area (Å²) in [5, 5.41) is 4.04. The predicted molar refractivity (Wildman–Crippen MR) is 151 cm³/mol. The molecule has 1 heterocycles. The average Bonchev–Trinajstić information content (AvgIpc) is 2.79. The van der Waals surface area contributed by atoms with Gasteiger partial charge in [0.15, 0.2) is 0 Å². The monoisotopic (exact) mass is 481 g/mol. The maximum absolute atomic E-state index is 13.0. The number of nitrogens with zero attached hydrogens (tertiary/aromatic N) is 2. The van der Waals surface area contributed by atoms with Gasteiger partial charge < -0.3 is 5.73 Å². The highest BCUT2D eigenvalue weighted by Gasteiger charge is 2.14. The first-order chi connectivity index (χ1) is 16.5. The second-order valence-electron chi connectivity index (χ2n) is 10.2. The van der Waals surface area contributed by atoms with Gasteiger partial charge >= 0.3 is 0 Å². The Balaban J connectivity index is 1.66. The lowest BCUT2D eigenvalue weighted by Gasteiger charge is -2.18. The Bertz CT molecular complexity index is 1510. The number of rotatable bonds is 4. The van der Waals surface area contributed by atoms with Crippen LogP contribution in [-0.4, -0.2) is 16.7 Å². The van der Waals surface area contributed by atoms with Crippen molar-refractivity contribution in [1.29, 1.82) is 0 Å². The number of allylic oxidation sites excluding steroid dienone is 1. The van der Waals surface area contributed by atoms with E-state index >= 15 is 0 Å². The summed E-state index contributed by atoms with van der Waals surface area (Å²) in [6, 6.07) is 18.4. The van der Waals surface area contributed by atoms with Gasteiger partial charge in [0.25, 0.3) is 5.91 Å². The molecule has 0 bridgehead atoms. The Kier molecular flexibility index (Phi) is 6.87. The summed E-state index contributed by atoms with van der Waals surface area (Å²) in [6.45, 7) is 10.5. The first kappa shape index (κ1) is 24.8. The maximum Gasteiger partial charge on any atom is 0.279 e. The van der Waals surface area contributed by atoms with E-state index in [4.69, 9.17) is 5.73 Å². The van der Waals surface area contributed by atoms with Crippen LogP contribution in [0.2, 0.25) is 0 Å². The van der Waals surface area contributed by atoms with Crippen molar-refractivity contribution in [3.05, 3.63) is 100 Å². The summed E-state index contributed by atoms with van der Waals surface area (Å²) in [5.74, 6) is -0.131. The van der Waals surface area contributed by atoms with Gasteiger partial charge in [0, 0.05) is 17.1 Å². The maximum atomic E-state index is 13.0. The van der Waals surface area contributed by atoms with E-state index in [-0.39, 0.29) is 17.2 Å². The molecule has 1 unspecified atom stereocenters. The van der Waals surface area contributed by atoms with Gasteiger partial charge in [-0.2, -0.15) is 4.99 Å². The van der Waals surface area contributed by atoms with Gasteiger partial charge in [-0.25, -0.2) is 0 Å². The molecule has 5 heteroatoms. The molecule has 1 atom stereocenters. The Hall–Kier alpha value is -3.36. The topological polar surface area (TPSA) is 68.3 Å². The molecule has 35 heavy (non-hydrogen) atoms. The number of amides is 1. The fourth-order valence-electron chi connectivity index (χ4n) is 4.05. The molecule has 178 valence electrons. The van der Waals surface area contributed by atoms with E-state index in [0.717, 1.165) is 28.0 Å². The Labute approximate surface area is 209 Å². The molecule has 0 saturated heterocycles. The van der Waals surface area contributed by atoms with E-state index in [1.165, 1.54) is 27.6 Å². The number of fused-ring (bicyclic) bond motifs is 2. The number of aliphatic imine (C=N–C) groups is 1. The SMILES string of the molecule is Cc1cc2nccc(Cc3ccc4c(C(=O)N=C(N)/C=C(\P)C(C)(C)C)cccc4c3)c2cc1C. The fraction of sp³-hybridized carbons (Fsp3) is 0.233. The average molecular weight is 482 g/mol. The molecule has 1 amide bonds. The second kappa shape index (κ2) is 9.71. The van der Waals surface area contributed by atoms with Gasteiger partial charge in [0.1, 0.15) is 5.84 Å². The highest BCUT2D eigenvalue weighted by atomic mass is 31.0. The number of aromatic nitrogens is 1. The van der Waals surface area contributed by atoms with Crippen LogP contribution in [0.15, 0.2) is 77.2 Å². The van der Waals surface area contributed by atoms with Crippen LogP contribution < -0.4 is 5.73 Å². The summed E-state index contributed by atoms with van der Waals surface area (Å²) in [6.07, 6.45) is 4.41. The second-order valence-corrected chi connectivity index (χ2v) is 10.8. The van der Waals surface area contributed by atoms with Gasteiger partial charge in [-0.15, -0.1) is 9.24 Å². The summed E-state index contributed by atoms with van der Waals surface area (Å²) >= 11 is 0. The number of pyridine rings is 1. The molecular weight excluding hydrogens is 449 g/mol. The number of benzene rings is 3. The van der Waals surface area contributed by atoms with Crippen molar-refractivity contribution in [2.24, 2.45) is 16.1 Å². The lowest BCUT2D eigenvalue weighted by molar-refractivity contribution is 0.100. The molecule has 0 spiro atoms. The van der Waals surface area contributed by atoms with Crippen LogP contribution in [-0.2, 0) is 6.42 Å². The van der Waals surface area contributed by atoms with Crippen LogP contribution in [0.25, 0.3) is 21.7 Å². The predicted octanol–water partition coefficient (Wildman–Crippen LogP) is 6.90. The van der Waals surface area contributed by atoms with Gasteiger partial charge in [-0.3, -0.25) is 9.78 Å². The van der Waals surface area contributed by atoms with Crippen LogP contribution in [0.5, 0.6) is 0 Å². The molecule has 0 aliphatic carbocycles. The van der Waals surface area contributed by atoms with Crippen LogP contribution in [0.4, 0.5) is 0 Å². The normalized spacial score (nSPS) is 13.0. The molecule has 4 nitrogen and oxygen atoms in total. The van der Waals surface area contributed by atoms with E-state index in [0.29, 0.717) is 5.56 Å². The van der Waals surface area contributed by atoms with E-state index in [1.54, 1.807) is 12.1 Å². The first-order valence-corrected chi connectivity index (χ1v) is 12.3. The molecule has 0 aliphatic rings. The summed E-state index contributed by atoms with van der Waals surface area (Å²) in [4.78, 5) is 21.7. The molecule has 0 radical (unpaired) electrons. The van der Waals surface area contributed by atoms with Crippen molar-refractivity contribution in [3.8, 4) is 0 Å². The fourth-order valence-corrected chi connectivity index (χ4v) is 4.22. The van der Waals surface area contributed by atoms with Gasteiger partial charge in [-0.1, -0.05) is 51.1 Å². The quantitative estimate of drug-likeness (QED) is 0.196. The summed E-state index contributed by atoms with van der Waals surface area (Å²) in [5.41, 5.74) is 12.5. The van der Waals surface area contributed by atoms with E-state index < -0.39 is 0 Å². The third-order valence-corrected chi connectivity index (χ3v) is 7.45. The lowest BCUT2D eigenvalue weighted by Crippen LogP contribution is -2.15. The van der Waals surface area contributed by atoms with Crippen LogP contribution >= 0.6 is 9.24 Å². The molecule has 0 fully saturated rings. The number of carbonyl (C=O) groups is 1. The number of aryl methyl sites for hydroxylation is 2. The van der Waals surface area contributed by atoms with Crippen molar-refractivity contribution in [2.45, 2.75) is 41.0 Å². The molecule has 2 N–H and O–H groups in total. The molecule has 0 aliphatic heterocycles. The number of amidine groups is 1. The smallest absolute Gasteiger partial charge is 0.279 e. The molecule has 4 rings (SSSR count). The standard InChI is InChI=1S/C30H32N3OP/c1-18-13-25-22(11-12-32-26(25)14-19(18)2)16-20-9-10-23-21(15-20)7-6-8-24(23)29(34)33-28(31)17-27(35)30(3,4)5/h6-15,17H,16,35H2,1-5H3,(H2,31,33,34)/b27-17-. The van der Waals surface area contributed by atoms with E-state index in [1.807, 2.05) is 24.4 Å². The third-order valence-electron chi connectivity index (χ3n) is 6.42. The zero-order valence-corrected chi connectivity index (χ0v) is 22.2. The van der Waals surface area contributed by atoms with Gasteiger partial charge in [0.05, 0.1) is 5.52 Å². The molecular formula is C30H32N3OP. The highest BCUT2D eigenvalue weighted by Crippen LogP contribution is 2.30. The molecule has 4 aromatic rings. The highest BCUT2D eigenvalue weighted by molar-refractivity contribution is 7.22. The Morgan fingerprint density at radius 2 is 1.77 bits per heavy atom. The van der Waals surface area contributed by atoms with E-state index in [2.05, 4.69) is 84.2 Å². The van der Waals surface area contributed by atoms with Crippen molar-refractivity contribution < 1.29 is 4.79 Å². The van der Waals surface area contributed by atoms with Crippen LogP contribution in [0, 0.1) is 19.3 Å². The summed E-state index contributed by atoms with van der Waals surface area (Å²) < 4.78 is 0. The Morgan fingerprint density at radius 1 is 1.03 bits per heavy atom. The number of carbonyl (C=O) groups excluding carboxylic acids is 1. The van der Waals surface area contributed by atoms with Crippen LogP contribution in [0.1, 0.15) is 53.4 Å². The van der Waals surface area contributed by atoms with Crippen molar-refractivity contribution in [3.63, 3.8) is 0 Å². The van der Waals surface area contributed by atoms with Crippen molar-refractivity contribution >= 4 is 42.7 Å². The lowest BCUT2D eigenvalue weighted by atomic mass is 9.95. The number of nitrogens with two attached hydrogens (primary N) is 1. The van der Waals surface area contributed by atoms with Crippen molar-refractivity contribution in [2.75, 3.05) is 0 Å². The minimum absolute atomic E-state index is 0.0681. The van der Waals surface area contributed by atoms with E-state index in [9.17, 15) is 4.79 Å². The molecule has 1 aromatic heterocycles. The third kappa shape index (κ3) is 5.49. The molecule has 0 saturated carbocycles. The van der Waals surface area contributed by atoms with Crippen LogP contribution in [0.3, 0.4) is 0 Å². The Morgan fingerprint density at radius 3 is 2.51 bits per heavy atom. The zero-order chi connectivity index (χ0) is 25.3. The number of hydrogen-bond acceptors (Lipinski definition) is 2. The zero-order valence-electron chi connectivity index (χ0n) is 21.0. The first-order valence-electron chi connectivity index (χ1n) is 11.8. The van der Waals surface area contributed by atoms with Gasteiger partial charge in [0.2, 0.25) is 0 Å². The molecule has 3 aromatic carbocycles. The van der Waals surface area contributed by atoms with Gasteiger partial charge in [-0.05, 0) is 94.4 Å². The minimum atomic E-state index is -0.338.